The standard InChI is InChI=1S/C11H12FNO3S/c1-16-4-5-17(14,15)8-10-6-9(7-13)2-3-11(10)12/h2-3,6H,4-5,8H2,1H3. The quantitative estimate of drug-likeness (QED) is 0.796. The van der Waals surface area contributed by atoms with Gasteiger partial charge in [-0.15, -0.1) is 0 Å². The second-order valence-electron chi connectivity index (χ2n) is 3.50. The van der Waals surface area contributed by atoms with Crippen LogP contribution in [0.5, 0.6) is 0 Å². The third-order valence-electron chi connectivity index (χ3n) is 2.15. The van der Waals surface area contributed by atoms with Gasteiger partial charge in [0.2, 0.25) is 0 Å². The predicted octanol–water partition coefficient (Wildman–Crippen LogP) is 1.26. The van der Waals surface area contributed by atoms with Gasteiger partial charge in [0.25, 0.3) is 0 Å². The van der Waals surface area contributed by atoms with Crippen molar-refractivity contribution in [2.75, 3.05) is 19.5 Å². The second-order valence-corrected chi connectivity index (χ2v) is 5.69. The van der Waals surface area contributed by atoms with Crippen LogP contribution in [0.15, 0.2) is 18.2 Å². The summed E-state index contributed by atoms with van der Waals surface area (Å²) in [6, 6.07) is 5.49. The molecule has 0 amide bonds. The Hall–Kier alpha value is -1.45. The van der Waals surface area contributed by atoms with Crippen LogP contribution in [-0.4, -0.2) is 27.9 Å². The van der Waals surface area contributed by atoms with Gasteiger partial charge in [-0.05, 0) is 18.2 Å². The number of methoxy groups -OCH3 is 1. The Labute approximate surface area is 99.6 Å². The third kappa shape index (κ3) is 4.13. The van der Waals surface area contributed by atoms with Gasteiger partial charge >= 0.3 is 0 Å². The largest absolute Gasteiger partial charge is 0.384 e. The van der Waals surface area contributed by atoms with Gasteiger partial charge in [-0.2, -0.15) is 5.26 Å². The number of nitrogens with zero attached hydrogens (tertiary/aromatic N) is 1. The SMILES string of the molecule is COCCS(=O)(=O)Cc1cc(C#N)ccc1F. The van der Waals surface area contributed by atoms with E-state index in [1.54, 1.807) is 0 Å². The van der Waals surface area contributed by atoms with E-state index in [-0.39, 0.29) is 23.5 Å². The fourth-order valence-electron chi connectivity index (χ4n) is 1.27. The fourth-order valence-corrected chi connectivity index (χ4v) is 2.53. The molecular formula is C11H12FNO3S. The molecule has 0 aliphatic rings. The second kappa shape index (κ2) is 5.75. The summed E-state index contributed by atoms with van der Waals surface area (Å²) in [5.74, 6) is -1.21. The minimum absolute atomic E-state index is 0.0140. The Morgan fingerprint density at radius 3 is 2.76 bits per heavy atom. The van der Waals surface area contributed by atoms with E-state index in [1.807, 2.05) is 6.07 Å². The van der Waals surface area contributed by atoms with Crippen LogP contribution < -0.4 is 0 Å². The molecule has 0 aliphatic carbocycles. The number of sulfone groups is 1. The minimum atomic E-state index is -3.42. The molecule has 1 aromatic carbocycles. The van der Waals surface area contributed by atoms with Crippen molar-refractivity contribution >= 4 is 9.84 Å². The van der Waals surface area contributed by atoms with E-state index in [0.29, 0.717) is 0 Å². The molecule has 0 N–H and O–H groups in total. The van der Waals surface area contributed by atoms with E-state index < -0.39 is 21.4 Å². The van der Waals surface area contributed by atoms with E-state index in [9.17, 15) is 12.8 Å². The predicted molar refractivity (Wildman–Crippen MR) is 60.5 cm³/mol. The minimum Gasteiger partial charge on any atom is -0.384 e. The first kappa shape index (κ1) is 13.6. The monoisotopic (exact) mass is 257 g/mol. The third-order valence-corrected chi connectivity index (χ3v) is 3.69. The number of rotatable bonds is 5. The number of benzene rings is 1. The molecule has 0 heterocycles. The lowest BCUT2D eigenvalue weighted by Gasteiger charge is -2.05. The fraction of sp³-hybridized carbons (Fsp3) is 0.364. The molecule has 92 valence electrons. The molecule has 0 unspecified atom stereocenters. The maximum atomic E-state index is 13.4. The molecule has 6 heteroatoms. The molecular weight excluding hydrogens is 245 g/mol. The van der Waals surface area contributed by atoms with Gasteiger partial charge in [0, 0.05) is 12.7 Å². The normalized spacial score (nSPS) is 11.1. The molecule has 0 radical (unpaired) electrons. The van der Waals surface area contributed by atoms with Crippen molar-refractivity contribution in [3.63, 3.8) is 0 Å². The van der Waals surface area contributed by atoms with Crippen LogP contribution in [0.2, 0.25) is 0 Å². The highest BCUT2D eigenvalue weighted by atomic mass is 32.2. The van der Waals surface area contributed by atoms with Crippen molar-refractivity contribution in [3.8, 4) is 6.07 Å². The summed E-state index contributed by atoms with van der Waals surface area (Å²) in [4.78, 5) is 0. The number of halogens is 1. The molecule has 1 rings (SSSR count). The summed E-state index contributed by atoms with van der Waals surface area (Å²) < 4.78 is 41.2. The molecule has 17 heavy (non-hydrogen) atoms. The van der Waals surface area contributed by atoms with Crippen molar-refractivity contribution in [2.24, 2.45) is 0 Å². The first-order valence-corrected chi connectivity index (χ1v) is 6.68. The van der Waals surface area contributed by atoms with Crippen LogP contribution in [-0.2, 0) is 20.3 Å². The number of hydrogen-bond acceptors (Lipinski definition) is 4. The molecule has 4 nitrogen and oxygen atoms in total. The topological polar surface area (TPSA) is 67.2 Å². The highest BCUT2D eigenvalue weighted by Gasteiger charge is 2.15. The van der Waals surface area contributed by atoms with Crippen molar-refractivity contribution < 1.29 is 17.5 Å². The molecule has 0 saturated heterocycles. The lowest BCUT2D eigenvalue weighted by atomic mass is 10.1. The Morgan fingerprint density at radius 2 is 2.18 bits per heavy atom. The summed E-state index contributed by atoms with van der Waals surface area (Å²) in [5.41, 5.74) is 0.253. The zero-order valence-electron chi connectivity index (χ0n) is 9.31. The molecule has 0 fully saturated rings. The first-order valence-electron chi connectivity index (χ1n) is 4.86. The summed E-state index contributed by atoms with van der Waals surface area (Å²) >= 11 is 0. The number of nitriles is 1. The lowest BCUT2D eigenvalue weighted by Crippen LogP contribution is -2.14. The van der Waals surface area contributed by atoms with E-state index in [0.717, 1.165) is 6.07 Å². The zero-order chi connectivity index (χ0) is 12.9. The van der Waals surface area contributed by atoms with E-state index in [1.165, 1.54) is 19.2 Å². The summed E-state index contributed by atoms with van der Waals surface area (Å²) in [5, 5.41) is 8.65. The van der Waals surface area contributed by atoms with E-state index in [2.05, 4.69) is 4.74 Å². The van der Waals surface area contributed by atoms with Gasteiger partial charge in [-0.3, -0.25) is 0 Å². The van der Waals surface area contributed by atoms with Crippen LogP contribution in [0.3, 0.4) is 0 Å². The summed E-state index contributed by atoms with van der Waals surface area (Å²) in [7, 11) is -2.02. The smallest absolute Gasteiger partial charge is 0.156 e. The van der Waals surface area contributed by atoms with Crippen molar-refractivity contribution in [1.82, 2.24) is 0 Å². The molecule has 0 bridgehead atoms. The van der Waals surface area contributed by atoms with Gasteiger partial charge in [0.1, 0.15) is 5.82 Å². The maximum Gasteiger partial charge on any atom is 0.156 e. The van der Waals surface area contributed by atoms with Crippen molar-refractivity contribution in [1.29, 1.82) is 5.26 Å². The Bertz CT molecular complexity index is 534. The van der Waals surface area contributed by atoms with Gasteiger partial charge in [0.05, 0.1) is 29.7 Å². The summed E-state index contributed by atoms with van der Waals surface area (Å²) in [6.45, 7) is 0.0713. The van der Waals surface area contributed by atoms with Crippen molar-refractivity contribution in [2.45, 2.75) is 5.75 Å². The van der Waals surface area contributed by atoms with Gasteiger partial charge in [-0.1, -0.05) is 0 Å². The van der Waals surface area contributed by atoms with Crippen LogP contribution in [0.25, 0.3) is 0 Å². The molecule has 0 saturated carbocycles. The Kier molecular flexibility index (Phi) is 4.61. The van der Waals surface area contributed by atoms with Crippen LogP contribution >= 0.6 is 0 Å². The average Bonchev–Trinajstić information content (AvgIpc) is 2.29. The highest BCUT2D eigenvalue weighted by Crippen LogP contribution is 2.14. The Balaban J connectivity index is 2.91. The van der Waals surface area contributed by atoms with Gasteiger partial charge in [-0.25, -0.2) is 12.8 Å². The van der Waals surface area contributed by atoms with E-state index >= 15 is 0 Å². The van der Waals surface area contributed by atoms with Crippen LogP contribution in [0, 0.1) is 17.1 Å². The number of hydrogen-bond donors (Lipinski definition) is 0. The maximum absolute atomic E-state index is 13.4. The molecule has 0 aliphatic heterocycles. The first-order chi connectivity index (χ1) is 7.98. The molecule has 0 spiro atoms. The zero-order valence-corrected chi connectivity index (χ0v) is 10.1. The van der Waals surface area contributed by atoms with Gasteiger partial charge < -0.3 is 4.74 Å². The Morgan fingerprint density at radius 1 is 1.47 bits per heavy atom. The van der Waals surface area contributed by atoms with Crippen LogP contribution in [0.4, 0.5) is 4.39 Å². The van der Waals surface area contributed by atoms with Crippen molar-refractivity contribution in [3.05, 3.63) is 35.1 Å². The van der Waals surface area contributed by atoms with Crippen LogP contribution in [0.1, 0.15) is 11.1 Å². The summed E-state index contributed by atoms with van der Waals surface area (Å²) in [6.07, 6.45) is 0. The number of ether oxygens (including phenoxy) is 1. The highest BCUT2D eigenvalue weighted by molar-refractivity contribution is 7.90. The van der Waals surface area contributed by atoms with E-state index in [4.69, 9.17) is 5.26 Å². The average molecular weight is 257 g/mol. The molecule has 0 aromatic heterocycles. The lowest BCUT2D eigenvalue weighted by molar-refractivity contribution is 0.217. The molecule has 1 aromatic rings. The van der Waals surface area contributed by atoms with Gasteiger partial charge in [0.15, 0.2) is 9.84 Å². The molecule has 0 atom stereocenters.